The summed E-state index contributed by atoms with van der Waals surface area (Å²) in [5.41, 5.74) is 0. The number of rotatable bonds is 7. The topological polar surface area (TPSA) is 67.4 Å². The van der Waals surface area contributed by atoms with Crippen LogP contribution in [0.25, 0.3) is 0 Å². The zero-order chi connectivity index (χ0) is 16.7. The van der Waals surface area contributed by atoms with Crippen molar-refractivity contribution in [1.82, 2.24) is 10.6 Å². The molecule has 2 amide bonds. The van der Waals surface area contributed by atoms with Gasteiger partial charge in [0, 0.05) is 4.88 Å². The molecule has 1 aromatic heterocycles. The molecule has 0 aliphatic carbocycles. The van der Waals surface area contributed by atoms with Crippen molar-refractivity contribution in [3.8, 4) is 5.75 Å². The van der Waals surface area contributed by atoms with Gasteiger partial charge in [-0.1, -0.05) is 12.1 Å². The van der Waals surface area contributed by atoms with E-state index < -0.39 is 5.82 Å². The molecule has 2 rings (SSSR count). The van der Waals surface area contributed by atoms with E-state index in [9.17, 15) is 14.0 Å². The van der Waals surface area contributed by atoms with E-state index in [-0.39, 0.29) is 37.3 Å². The predicted octanol–water partition coefficient (Wildman–Crippen LogP) is 2.12. The van der Waals surface area contributed by atoms with Gasteiger partial charge in [0.2, 0.25) is 5.91 Å². The maximum absolute atomic E-state index is 13.3. The summed E-state index contributed by atoms with van der Waals surface area (Å²) in [7, 11) is 0. The van der Waals surface area contributed by atoms with Crippen molar-refractivity contribution in [3.63, 3.8) is 0 Å². The van der Waals surface area contributed by atoms with Crippen molar-refractivity contribution in [2.45, 2.75) is 6.92 Å². The van der Waals surface area contributed by atoms with E-state index >= 15 is 0 Å². The molecule has 0 bridgehead atoms. The number of halogens is 1. The van der Waals surface area contributed by atoms with Gasteiger partial charge >= 0.3 is 0 Å². The molecule has 1 aromatic carbocycles. The minimum atomic E-state index is -0.447. The van der Waals surface area contributed by atoms with Gasteiger partial charge in [-0.05, 0) is 31.2 Å². The molecule has 0 spiro atoms. The Balaban J connectivity index is 1.64. The van der Waals surface area contributed by atoms with Crippen LogP contribution in [-0.4, -0.2) is 31.5 Å². The van der Waals surface area contributed by atoms with Gasteiger partial charge in [-0.25, -0.2) is 4.39 Å². The molecule has 0 fully saturated rings. The second-order valence-electron chi connectivity index (χ2n) is 4.72. The third kappa shape index (κ3) is 5.37. The summed E-state index contributed by atoms with van der Waals surface area (Å²) in [6, 6.07) is 9.62. The van der Waals surface area contributed by atoms with Crippen molar-refractivity contribution >= 4 is 23.2 Å². The Hall–Kier alpha value is -2.41. The fourth-order valence-electron chi connectivity index (χ4n) is 1.78. The number of carbonyl (C=O) groups is 2. The van der Waals surface area contributed by atoms with Crippen LogP contribution in [0.4, 0.5) is 4.39 Å². The van der Waals surface area contributed by atoms with Crippen molar-refractivity contribution in [1.29, 1.82) is 0 Å². The Morgan fingerprint density at radius 2 is 1.96 bits per heavy atom. The largest absolute Gasteiger partial charge is 0.489 e. The Labute approximate surface area is 137 Å². The van der Waals surface area contributed by atoms with Gasteiger partial charge in [0.1, 0.15) is 6.61 Å². The molecule has 1 heterocycles. The highest BCUT2D eigenvalue weighted by Gasteiger charge is 2.09. The standard InChI is InChI=1S/C16H17FN2O3S/c1-11-6-7-14(23-11)16(21)19-10-15(20)18-8-9-22-13-5-3-2-4-12(13)17/h2-7H,8-10H2,1H3,(H,18,20)(H,19,21). The first-order valence-electron chi connectivity index (χ1n) is 7.05. The molecule has 0 radical (unpaired) electrons. The number of hydrogen-bond donors (Lipinski definition) is 2. The second kappa shape index (κ2) is 8.28. The molecule has 0 aliphatic rings. The zero-order valence-corrected chi connectivity index (χ0v) is 13.4. The van der Waals surface area contributed by atoms with E-state index in [1.165, 1.54) is 23.5 Å². The van der Waals surface area contributed by atoms with Crippen molar-refractivity contribution in [2.24, 2.45) is 0 Å². The van der Waals surface area contributed by atoms with E-state index in [1.807, 2.05) is 13.0 Å². The molecule has 2 N–H and O–H groups in total. The van der Waals surface area contributed by atoms with Gasteiger partial charge < -0.3 is 15.4 Å². The molecular formula is C16H17FN2O3S. The Morgan fingerprint density at radius 3 is 2.65 bits per heavy atom. The van der Waals surface area contributed by atoms with Gasteiger partial charge in [-0.2, -0.15) is 0 Å². The Bertz CT molecular complexity index is 687. The molecule has 7 heteroatoms. The molecule has 0 atom stereocenters. The number of hydrogen-bond acceptors (Lipinski definition) is 4. The molecule has 0 aliphatic heterocycles. The number of amides is 2. The lowest BCUT2D eigenvalue weighted by Gasteiger charge is -2.08. The lowest BCUT2D eigenvalue weighted by Crippen LogP contribution is -2.38. The fourth-order valence-corrected chi connectivity index (χ4v) is 2.56. The fraction of sp³-hybridized carbons (Fsp3) is 0.250. The third-order valence-electron chi connectivity index (χ3n) is 2.89. The maximum Gasteiger partial charge on any atom is 0.261 e. The maximum atomic E-state index is 13.3. The zero-order valence-electron chi connectivity index (χ0n) is 12.6. The quantitative estimate of drug-likeness (QED) is 0.761. The number of para-hydroxylation sites is 1. The summed E-state index contributed by atoms with van der Waals surface area (Å²) in [4.78, 5) is 25.0. The van der Waals surface area contributed by atoms with E-state index in [1.54, 1.807) is 18.2 Å². The van der Waals surface area contributed by atoms with E-state index in [4.69, 9.17) is 4.74 Å². The summed E-state index contributed by atoms with van der Waals surface area (Å²) in [5, 5.41) is 5.13. The van der Waals surface area contributed by atoms with Crippen LogP contribution >= 0.6 is 11.3 Å². The SMILES string of the molecule is Cc1ccc(C(=O)NCC(=O)NCCOc2ccccc2F)s1. The van der Waals surface area contributed by atoms with Crippen LogP contribution in [0.5, 0.6) is 5.75 Å². The lowest BCUT2D eigenvalue weighted by atomic mass is 10.3. The first-order chi connectivity index (χ1) is 11.1. The highest BCUT2D eigenvalue weighted by Crippen LogP contribution is 2.15. The minimum absolute atomic E-state index is 0.116. The van der Waals surface area contributed by atoms with Crippen molar-refractivity contribution < 1.29 is 18.7 Å². The molecule has 0 unspecified atom stereocenters. The number of ether oxygens (including phenoxy) is 1. The molecule has 23 heavy (non-hydrogen) atoms. The Kier molecular flexibility index (Phi) is 6.10. The first kappa shape index (κ1) is 17.0. The van der Waals surface area contributed by atoms with E-state index in [0.29, 0.717) is 4.88 Å². The highest BCUT2D eigenvalue weighted by molar-refractivity contribution is 7.13. The van der Waals surface area contributed by atoms with Crippen LogP contribution in [0.1, 0.15) is 14.5 Å². The number of nitrogens with one attached hydrogen (secondary N) is 2. The van der Waals surface area contributed by atoms with E-state index in [0.717, 1.165) is 4.88 Å². The van der Waals surface area contributed by atoms with Gasteiger partial charge in [0.15, 0.2) is 11.6 Å². The van der Waals surface area contributed by atoms with Crippen molar-refractivity contribution in [3.05, 3.63) is 52.0 Å². The molecule has 2 aromatic rings. The molecule has 0 saturated carbocycles. The predicted molar refractivity (Wildman–Crippen MR) is 86.3 cm³/mol. The number of carbonyl (C=O) groups excluding carboxylic acids is 2. The molecular weight excluding hydrogens is 319 g/mol. The van der Waals surface area contributed by atoms with Gasteiger partial charge in [-0.3, -0.25) is 9.59 Å². The van der Waals surface area contributed by atoms with Gasteiger partial charge in [0.25, 0.3) is 5.91 Å². The number of thiophene rings is 1. The number of benzene rings is 1. The summed E-state index contributed by atoms with van der Waals surface area (Å²) in [6.45, 7) is 2.16. The van der Waals surface area contributed by atoms with Crippen LogP contribution in [0.2, 0.25) is 0 Å². The third-order valence-corrected chi connectivity index (χ3v) is 3.89. The summed E-state index contributed by atoms with van der Waals surface area (Å²) >= 11 is 1.37. The first-order valence-corrected chi connectivity index (χ1v) is 7.86. The molecule has 5 nitrogen and oxygen atoms in total. The monoisotopic (exact) mass is 336 g/mol. The lowest BCUT2D eigenvalue weighted by molar-refractivity contribution is -0.120. The normalized spacial score (nSPS) is 10.2. The van der Waals surface area contributed by atoms with Gasteiger partial charge in [-0.15, -0.1) is 11.3 Å². The average Bonchev–Trinajstić information content (AvgIpc) is 2.97. The summed E-state index contributed by atoms with van der Waals surface area (Å²) in [5.74, 6) is -0.912. The van der Waals surface area contributed by atoms with Crippen molar-refractivity contribution in [2.75, 3.05) is 19.7 Å². The van der Waals surface area contributed by atoms with E-state index in [2.05, 4.69) is 10.6 Å². The number of aryl methyl sites for hydroxylation is 1. The van der Waals surface area contributed by atoms with Gasteiger partial charge in [0.05, 0.1) is 18.0 Å². The van der Waals surface area contributed by atoms with Crippen LogP contribution in [0.15, 0.2) is 36.4 Å². The van der Waals surface area contributed by atoms with Crippen LogP contribution in [-0.2, 0) is 4.79 Å². The van der Waals surface area contributed by atoms with Crippen LogP contribution in [0, 0.1) is 12.7 Å². The van der Waals surface area contributed by atoms with Crippen LogP contribution < -0.4 is 15.4 Å². The average molecular weight is 336 g/mol. The summed E-state index contributed by atoms with van der Waals surface area (Å²) in [6.07, 6.45) is 0. The summed E-state index contributed by atoms with van der Waals surface area (Å²) < 4.78 is 18.5. The van der Waals surface area contributed by atoms with Crippen LogP contribution in [0.3, 0.4) is 0 Å². The molecule has 0 saturated heterocycles. The second-order valence-corrected chi connectivity index (χ2v) is 6.01. The smallest absolute Gasteiger partial charge is 0.261 e. The molecule has 122 valence electrons. The minimum Gasteiger partial charge on any atom is -0.489 e. The Morgan fingerprint density at radius 1 is 1.17 bits per heavy atom. The highest BCUT2D eigenvalue weighted by atomic mass is 32.1.